The topological polar surface area (TPSA) is 72.8 Å². The molecule has 0 aliphatic rings. The Balaban J connectivity index is 1.85. The van der Waals surface area contributed by atoms with Crippen molar-refractivity contribution in [3.8, 4) is 5.75 Å². The highest BCUT2D eigenvalue weighted by atomic mass is 32.1. The second kappa shape index (κ2) is 8.89. The van der Waals surface area contributed by atoms with Gasteiger partial charge in [-0.25, -0.2) is 4.98 Å². The molecule has 0 bridgehead atoms. The molecule has 0 atom stereocenters. The fourth-order valence-corrected chi connectivity index (χ4v) is 2.35. The number of thiazole rings is 1. The van der Waals surface area contributed by atoms with Crippen LogP contribution in [0.25, 0.3) is 0 Å². The monoisotopic (exact) mass is 333 g/mol. The van der Waals surface area contributed by atoms with Gasteiger partial charge in [0, 0.05) is 5.38 Å². The van der Waals surface area contributed by atoms with Gasteiger partial charge in [-0.3, -0.25) is 10.2 Å². The number of nitrogens with one attached hydrogen (secondary N) is 1. The number of aromatic nitrogens is 1. The Labute approximate surface area is 139 Å². The summed E-state index contributed by atoms with van der Waals surface area (Å²) in [5.74, 6) is 0.542. The lowest BCUT2D eigenvalue weighted by atomic mass is 10.2. The summed E-state index contributed by atoms with van der Waals surface area (Å²) in [4.78, 5) is 15.4. The average molecular weight is 333 g/mol. The van der Waals surface area contributed by atoms with E-state index >= 15 is 0 Å². The molecule has 2 aromatic rings. The summed E-state index contributed by atoms with van der Waals surface area (Å²) in [5.41, 5.74) is 4.46. The number of hydrogen-bond donors (Lipinski definition) is 1. The van der Waals surface area contributed by atoms with Gasteiger partial charge in [0.05, 0.1) is 32.0 Å². The number of hydrogen-bond acceptors (Lipinski definition) is 7. The highest BCUT2D eigenvalue weighted by Gasteiger charge is 2.06. The third kappa shape index (κ3) is 5.71. The largest absolute Gasteiger partial charge is 0.494 e. The van der Waals surface area contributed by atoms with Gasteiger partial charge >= 0.3 is 5.97 Å². The summed E-state index contributed by atoms with van der Waals surface area (Å²) >= 11 is 1.38. The standard InChI is InChI=1S/C16H19N3O3S/c1-3-8-22-14-6-4-12(5-7-14)10-17-19-16-18-13(11-23-16)9-15(20)21-2/h4-7,10-11H,3,8-9H2,1-2H3,(H,18,19)/b17-10-. The predicted octanol–water partition coefficient (Wildman–Crippen LogP) is 3.09. The van der Waals surface area contributed by atoms with Gasteiger partial charge in [-0.2, -0.15) is 5.10 Å². The SMILES string of the molecule is CCCOc1ccc(/C=N\Nc2nc(CC(=O)OC)cs2)cc1. The summed E-state index contributed by atoms with van der Waals surface area (Å²) in [6, 6.07) is 7.69. The van der Waals surface area contributed by atoms with Gasteiger partial charge in [-0.1, -0.05) is 6.92 Å². The maximum Gasteiger partial charge on any atom is 0.311 e. The number of esters is 1. The minimum Gasteiger partial charge on any atom is -0.494 e. The molecule has 0 spiro atoms. The van der Waals surface area contributed by atoms with Gasteiger partial charge in [0.15, 0.2) is 0 Å². The number of anilines is 1. The van der Waals surface area contributed by atoms with Crippen LogP contribution in [-0.4, -0.2) is 30.9 Å². The Bertz CT molecular complexity index is 653. The normalized spacial score (nSPS) is 10.7. The van der Waals surface area contributed by atoms with Gasteiger partial charge < -0.3 is 9.47 Å². The Morgan fingerprint density at radius 1 is 1.39 bits per heavy atom. The Morgan fingerprint density at radius 2 is 2.17 bits per heavy atom. The third-order valence-electron chi connectivity index (χ3n) is 2.83. The van der Waals surface area contributed by atoms with E-state index in [9.17, 15) is 4.79 Å². The van der Waals surface area contributed by atoms with Crippen molar-refractivity contribution in [2.45, 2.75) is 19.8 Å². The van der Waals surface area contributed by atoms with Gasteiger partial charge in [0.25, 0.3) is 0 Å². The van der Waals surface area contributed by atoms with Crippen LogP contribution in [0.5, 0.6) is 5.75 Å². The molecule has 0 fully saturated rings. The zero-order valence-corrected chi connectivity index (χ0v) is 13.9. The molecular formula is C16H19N3O3S. The molecular weight excluding hydrogens is 314 g/mol. The molecule has 0 aliphatic heterocycles. The van der Waals surface area contributed by atoms with E-state index < -0.39 is 0 Å². The van der Waals surface area contributed by atoms with Crippen LogP contribution in [0.2, 0.25) is 0 Å². The molecule has 0 saturated carbocycles. The fraction of sp³-hybridized carbons (Fsp3) is 0.312. The van der Waals surface area contributed by atoms with Gasteiger partial charge in [0.2, 0.25) is 5.13 Å². The molecule has 1 heterocycles. The van der Waals surface area contributed by atoms with Crippen LogP contribution in [0.4, 0.5) is 5.13 Å². The number of methoxy groups -OCH3 is 1. The van der Waals surface area contributed by atoms with E-state index in [1.807, 2.05) is 24.3 Å². The first-order chi connectivity index (χ1) is 11.2. The molecule has 6 nitrogen and oxygen atoms in total. The zero-order chi connectivity index (χ0) is 16.5. The lowest BCUT2D eigenvalue weighted by molar-refractivity contribution is -0.139. The summed E-state index contributed by atoms with van der Waals surface area (Å²) in [6.45, 7) is 2.79. The molecule has 1 aromatic carbocycles. The number of nitrogens with zero attached hydrogens (tertiary/aromatic N) is 2. The van der Waals surface area contributed by atoms with E-state index in [2.05, 4.69) is 27.2 Å². The van der Waals surface area contributed by atoms with Crippen molar-refractivity contribution in [3.63, 3.8) is 0 Å². The molecule has 1 aromatic heterocycles. The maximum atomic E-state index is 11.2. The molecule has 0 aliphatic carbocycles. The van der Waals surface area contributed by atoms with Gasteiger partial charge in [0.1, 0.15) is 5.75 Å². The van der Waals surface area contributed by atoms with Crippen LogP contribution >= 0.6 is 11.3 Å². The average Bonchev–Trinajstić information content (AvgIpc) is 3.01. The maximum absolute atomic E-state index is 11.2. The first-order valence-corrected chi connectivity index (χ1v) is 8.12. The number of benzene rings is 1. The van der Waals surface area contributed by atoms with E-state index in [0.29, 0.717) is 17.4 Å². The minimum atomic E-state index is -0.310. The second-order valence-corrected chi connectivity index (χ2v) is 5.54. The number of carbonyl (C=O) groups excluding carboxylic acids is 1. The van der Waals surface area contributed by atoms with Crippen molar-refractivity contribution >= 4 is 28.7 Å². The molecule has 7 heteroatoms. The number of hydrazone groups is 1. The zero-order valence-electron chi connectivity index (χ0n) is 13.1. The highest BCUT2D eigenvalue weighted by molar-refractivity contribution is 7.13. The summed E-state index contributed by atoms with van der Waals surface area (Å²) in [5, 5.41) is 6.56. The molecule has 1 N–H and O–H groups in total. The van der Waals surface area contributed by atoms with Gasteiger partial charge in [-0.15, -0.1) is 11.3 Å². The first-order valence-electron chi connectivity index (χ1n) is 7.24. The first kappa shape index (κ1) is 17.0. The van der Waals surface area contributed by atoms with E-state index in [-0.39, 0.29) is 12.4 Å². The van der Waals surface area contributed by atoms with Crippen LogP contribution in [0, 0.1) is 0 Å². The fourth-order valence-electron chi connectivity index (χ4n) is 1.69. The number of ether oxygens (including phenoxy) is 2. The molecule has 0 amide bonds. The second-order valence-electron chi connectivity index (χ2n) is 4.68. The van der Waals surface area contributed by atoms with Crippen molar-refractivity contribution in [2.75, 3.05) is 19.1 Å². The minimum absolute atomic E-state index is 0.164. The van der Waals surface area contributed by atoms with Crippen LogP contribution in [-0.2, 0) is 16.0 Å². The van der Waals surface area contributed by atoms with Crippen LogP contribution in [0.15, 0.2) is 34.7 Å². The molecule has 2 rings (SSSR count). The Morgan fingerprint density at radius 3 is 2.87 bits per heavy atom. The summed E-state index contributed by atoms with van der Waals surface area (Å²) in [6.07, 6.45) is 2.85. The lowest BCUT2D eigenvalue weighted by Crippen LogP contribution is -2.04. The molecule has 0 radical (unpaired) electrons. The highest BCUT2D eigenvalue weighted by Crippen LogP contribution is 2.16. The van der Waals surface area contributed by atoms with Crippen molar-refractivity contribution in [2.24, 2.45) is 5.10 Å². The number of rotatable bonds is 8. The van der Waals surface area contributed by atoms with E-state index in [1.54, 1.807) is 11.6 Å². The summed E-state index contributed by atoms with van der Waals surface area (Å²) < 4.78 is 10.1. The molecule has 23 heavy (non-hydrogen) atoms. The van der Waals surface area contributed by atoms with Crippen molar-refractivity contribution in [3.05, 3.63) is 40.9 Å². The lowest BCUT2D eigenvalue weighted by Gasteiger charge is -2.03. The molecule has 0 unspecified atom stereocenters. The van der Waals surface area contributed by atoms with E-state index in [4.69, 9.17) is 4.74 Å². The third-order valence-corrected chi connectivity index (χ3v) is 3.63. The quantitative estimate of drug-likeness (QED) is 0.456. The van der Waals surface area contributed by atoms with E-state index in [0.717, 1.165) is 17.7 Å². The molecule has 0 saturated heterocycles. The Kier molecular flexibility index (Phi) is 6.56. The smallest absolute Gasteiger partial charge is 0.311 e. The van der Waals surface area contributed by atoms with Crippen LogP contribution in [0.3, 0.4) is 0 Å². The molecule has 122 valence electrons. The van der Waals surface area contributed by atoms with Crippen molar-refractivity contribution in [1.82, 2.24) is 4.98 Å². The Hall–Kier alpha value is -2.41. The van der Waals surface area contributed by atoms with E-state index in [1.165, 1.54) is 18.4 Å². The van der Waals surface area contributed by atoms with Gasteiger partial charge in [-0.05, 0) is 36.2 Å². The number of carbonyl (C=O) groups is 1. The van der Waals surface area contributed by atoms with Crippen molar-refractivity contribution < 1.29 is 14.3 Å². The van der Waals surface area contributed by atoms with Crippen molar-refractivity contribution in [1.29, 1.82) is 0 Å². The predicted molar refractivity (Wildman–Crippen MR) is 91.3 cm³/mol. The summed E-state index contributed by atoms with van der Waals surface area (Å²) in [7, 11) is 1.36. The van der Waals surface area contributed by atoms with Crippen LogP contribution < -0.4 is 10.2 Å². The van der Waals surface area contributed by atoms with Crippen LogP contribution in [0.1, 0.15) is 24.6 Å².